The van der Waals surface area contributed by atoms with E-state index in [4.69, 9.17) is 4.74 Å². The lowest BCUT2D eigenvalue weighted by Gasteiger charge is -2.34. The molecule has 1 N–H and O–H groups in total. The molecule has 4 nitrogen and oxygen atoms in total. The van der Waals surface area contributed by atoms with Crippen molar-refractivity contribution in [2.75, 3.05) is 32.8 Å². The van der Waals surface area contributed by atoms with Crippen LogP contribution >= 0.6 is 0 Å². The maximum absolute atomic E-state index is 12.3. The summed E-state index contributed by atoms with van der Waals surface area (Å²) in [6.07, 6.45) is 5.48. The van der Waals surface area contributed by atoms with Gasteiger partial charge >= 0.3 is 0 Å². The Morgan fingerprint density at radius 1 is 1.33 bits per heavy atom. The fourth-order valence-corrected chi connectivity index (χ4v) is 3.00. The number of rotatable bonds is 4. The minimum Gasteiger partial charge on any atom is -0.377 e. The molecule has 0 spiro atoms. The number of hydrogen-bond donors (Lipinski definition) is 1. The summed E-state index contributed by atoms with van der Waals surface area (Å²) in [5.41, 5.74) is 0. The molecule has 4 heteroatoms. The van der Waals surface area contributed by atoms with Crippen LogP contribution in [0.25, 0.3) is 0 Å². The van der Waals surface area contributed by atoms with Crippen LogP contribution in [0.4, 0.5) is 0 Å². The molecule has 0 saturated carbocycles. The number of amides is 1. The average Bonchev–Trinajstić information content (AvgIpc) is 2.40. The first kappa shape index (κ1) is 13.8. The summed E-state index contributed by atoms with van der Waals surface area (Å²) in [6.45, 7) is 6.64. The normalized spacial score (nSPS) is 26.3. The predicted octanol–water partition coefficient (Wildman–Crippen LogP) is 1.40. The molecule has 0 aromatic carbocycles. The zero-order valence-corrected chi connectivity index (χ0v) is 11.5. The van der Waals surface area contributed by atoms with Crippen LogP contribution in [-0.4, -0.2) is 49.7 Å². The molecule has 2 rings (SSSR count). The van der Waals surface area contributed by atoms with E-state index in [9.17, 15) is 4.79 Å². The second-order valence-electron chi connectivity index (χ2n) is 5.46. The first-order valence-electron chi connectivity index (χ1n) is 7.39. The lowest BCUT2D eigenvalue weighted by Crippen LogP contribution is -2.44. The molecule has 0 radical (unpaired) electrons. The molecule has 104 valence electrons. The molecule has 1 amide bonds. The molecule has 2 heterocycles. The van der Waals surface area contributed by atoms with E-state index in [0.717, 1.165) is 64.9 Å². The third-order valence-corrected chi connectivity index (χ3v) is 4.06. The smallest absolute Gasteiger partial charge is 0.222 e. The Bertz CT molecular complexity index is 263. The Hall–Kier alpha value is -0.610. The number of likely N-dealkylation sites (tertiary alicyclic amines) is 1. The van der Waals surface area contributed by atoms with E-state index >= 15 is 0 Å². The molecular weight excluding hydrogens is 228 g/mol. The number of ether oxygens (including phenoxy) is 1. The van der Waals surface area contributed by atoms with Gasteiger partial charge in [0.15, 0.2) is 0 Å². The second-order valence-corrected chi connectivity index (χ2v) is 5.46. The van der Waals surface area contributed by atoms with Gasteiger partial charge in [-0.25, -0.2) is 0 Å². The number of hydrogen-bond acceptors (Lipinski definition) is 3. The van der Waals surface area contributed by atoms with Crippen molar-refractivity contribution in [1.29, 1.82) is 0 Å². The van der Waals surface area contributed by atoms with E-state index in [1.54, 1.807) is 0 Å². The highest BCUT2D eigenvalue weighted by molar-refractivity contribution is 5.76. The van der Waals surface area contributed by atoms with Crippen LogP contribution in [-0.2, 0) is 9.53 Å². The van der Waals surface area contributed by atoms with Crippen LogP contribution in [0.3, 0.4) is 0 Å². The van der Waals surface area contributed by atoms with Gasteiger partial charge in [0, 0.05) is 26.1 Å². The number of nitrogens with one attached hydrogen (secondary N) is 1. The Morgan fingerprint density at radius 2 is 2.11 bits per heavy atom. The highest BCUT2D eigenvalue weighted by atomic mass is 16.5. The highest BCUT2D eigenvalue weighted by Crippen LogP contribution is 2.20. The molecule has 0 aromatic heterocycles. The van der Waals surface area contributed by atoms with Gasteiger partial charge in [-0.3, -0.25) is 4.79 Å². The van der Waals surface area contributed by atoms with Gasteiger partial charge in [0.1, 0.15) is 0 Å². The van der Waals surface area contributed by atoms with Gasteiger partial charge < -0.3 is 15.0 Å². The van der Waals surface area contributed by atoms with Crippen LogP contribution in [0, 0.1) is 5.92 Å². The predicted molar refractivity (Wildman–Crippen MR) is 71.4 cm³/mol. The fraction of sp³-hybridized carbons (Fsp3) is 0.929. The summed E-state index contributed by atoms with van der Waals surface area (Å²) in [5.74, 6) is 0.928. The Kier molecular flexibility index (Phi) is 5.45. The average molecular weight is 254 g/mol. The summed E-state index contributed by atoms with van der Waals surface area (Å²) >= 11 is 0. The topological polar surface area (TPSA) is 41.6 Å². The van der Waals surface area contributed by atoms with Crippen molar-refractivity contribution in [3.05, 3.63) is 0 Å². The minimum absolute atomic E-state index is 0.265. The zero-order valence-electron chi connectivity index (χ0n) is 11.5. The quantitative estimate of drug-likeness (QED) is 0.824. The van der Waals surface area contributed by atoms with Crippen molar-refractivity contribution in [3.8, 4) is 0 Å². The van der Waals surface area contributed by atoms with E-state index in [0.29, 0.717) is 11.8 Å². The molecule has 0 aliphatic carbocycles. The largest absolute Gasteiger partial charge is 0.377 e. The van der Waals surface area contributed by atoms with Gasteiger partial charge in [0.05, 0.1) is 6.10 Å². The van der Waals surface area contributed by atoms with Gasteiger partial charge in [-0.05, 0) is 51.6 Å². The molecule has 0 bridgehead atoms. The summed E-state index contributed by atoms with van der Waals surface area (Å²) in [5, 5.41) is 3.35. The van der Waals surface area contributed by atoms with Crippen molar-refractivity contribution in [1.82, 2.24) is 10.2 Å². The van der Waals surface area contributed by atoms with Gasteiger partial charge in [0.25, 0.3) is 0 Å². The summed E-state index contributed by atoms with van der Waals surface area (Å²) in [6, 6.07) is 0. The minimum atomic E-state index is 0.265. The summed E-state index contributed by atoms with van der Waals surface area (Å²) in [7, 11) is 0. The maximum Gasteiger partial charge on any atom is 0.222 e. The Balaban J connectivity index is 1.76. The van der Waals surface area contributed by atoms with Gasteiger partial charge in [-0.2, -0.15) is 0 Å². The number of piperidine rings is 2. The monoisotopic (exact) mass is 254 g/mol. The maximum atomic E-state index is 12.3. The van der Waals surface area contributed by atoms with Crippen LogP contribution < -0.4 is 5.32 Å². The third-order valence-electron chi connectivity index (χ3n) is 4.06. The van der Waals surface area contributed by atoms with Crippen molar-refractivity contribution in [2.45, 2.75) is 45.1 Å². The molecular formula is C14H26N2O2. The second kappa shape index (κ2) is 7.10. The first-order valence-corrected chi connectivity index (χ1v) is 7.39. The van der Waals surface area contributed by atoms with E-state index in [2.05, 4.69) is 5.32 Å². The van der Waals surface area contributed by atoms with Gasteiger partial charge in [0.2, 0.25) is 5.91 Å². The summed E-state index contributed by atoms with van der Waals surface area (Å²) in [4.78, 5) is 14.3. The standard InChI is InChI=1S/C14H26N2O2/c1-2-18-13-4-3-9-16(11-13)14(17)10-12-5-7-15-8-6-12/h12-13,15H,2-11H2,1H3. The van der Waals surface area contributed by atoms with E-state index in [1.807, 2.05) is 11.8 Å². The molecule has 1 unspecified atom stereocenters. The van der Waals surface area contributed by atoms with E-state index in [1.165, 1.54) is 0 Å². The van der Waals surface area contributed by atoms with Crippen molar-refractivity contribution in [2.24, 2.45) is 5.92 Å². The molecule has 18 heavy (non-hydrogen) atoms. The third kappa shape index (κ3) is 3.95. The number of carbonyl (C=O) groups is 1. The van der Waals surface area contributed by atoms with Gasteiger partial charge in [-0.15, -0.1) is 0 Å². The van der Waals surface area contributed by atoms with Crippen LogP contribution in [0.5, 0.6) is 0 Å². The molecule has 2 saturated heterocycles. The lowest BCUT2D eigenvalue weighted by molar-refractivity contribution is -0.136. The Labute approximate surface area is 110 Å². The van der Waals surface area contributed by atoms with Crippen LogP contribution in [0.15, 0.2) is 0 Å². The zero-order chi connectivity index (χ0) is 12.8. The molecule has 2 fully saturated rings. The molecule has 1 atom stereocenters. The first-order chi connectivity index (χ1) is 8.79. The molecule has 2 aliphatic heterocycles. The Morgan fingerprint density at radius 3 is 2.83 bits per heavy atom. The van der Waals surface area contributed by atoms with Gasteiger partial charge in [-0.1, -0.05) is 0 Å². The van der Waals surface area contributed by atoms with Crippen molar-refractivity contribution in [3.63, 3.8) is 0 Å². The number of nitrogens with zero attached hydrogens (tertiary/aromatic N) is 1. The highest BCUT2D eigenvalue weighted by Gasteiger charge is 2.26. The fourth-order valence-electron chi connectivity index (χ4n) is 3.00. The number of carbonyl (C=O) groups excluding carboxylic acids is 1. The van der Waals surface area contributed by atoms with Crippen molar-refractivity contribution >= 4 is 5.91 Å². The van der Waals surface area contributed by atoms with E-state index in [-0.39, 0.29) is 6.10 Å². The SMILES string of the molecule is CCOC1CCCN(C(=O)CC2CCNCC2)C1. The lowest BCUT2D eigenvalue weighted by atomic mass is 9.93. The van der Waals surface area contributed by atoms with Crippen LogP contribution in [0.1, 0.15) is 39.0 Å². The van der Waals surface area contributed by atoms with E-state index < -0.39 is 0 Å². The molecule has 0 aromatic rings. The summed E-state index contributed by atoms with van der Waals surface area (Å²) < 4.78 is 5.65. The van der Waals surface area contributed by atoms with Crippen LogP contribution in [0.2, 0.25) is 0 Å². The van der Waals surface area contributed by atoms with Crippen molar-refractivity contribution < 1.29 is 9.53 Å². The molecule has 2 aliphatic rings.